The number of hydrogen-bond acceptors (Lipinski definition) is 5. The maximum atomic E-state index is 13.2. The Morgan fingerprint density at radius 2 is 1.93 bits per heavy atom. The average Bonchev–Trinajstić information content (AvgIpc) is 2.72. The predicted molar refractivity (Wildman–Crippen MR) is 122 cm³/mol. The second kappa shape index (κ2) is 10.4. The number of thioether (sulfide) groups is 1. The standard InChI is InChI=1S/C23H28N4O2S/c1-4-5-6-10-17(3)25-21(28)15-30-23-26-19-13-8-7-12-18(19)22(29)27(23)20-14-9-11-16(2)24-20/h7-9,11-14,17H,4-6,10,15H2,1-3H3,(H,25,28)/t17-/m1/s1. The predicted octanol–water partition coefficient (Wildman–Crippen LogP) is 4.27. The topological polar surface area (TPSA) is 76.9 Å². The summed E-state index contributed by atoms with van der Waals surface area (Å²) in [5, 5.41) is 4.03. The molecule has 6 nitrogen and oxygen atoms in total. The van der Waals surface area contributed by atoms with Crippen LogP contribution in [-0.4, -0.2) is 32.2 Å². The van der Waals surface area contributed by atoms with Crippen LogP contribution < -0.4 is 10.9 Å². The number of rotatable bonds is 9. The molecule has 0 aliphatic heterocycles. The lowest BCUT2D eigenvalue weighted by molar-refractivity contribution is -0.119. The molecule has 3 aromatic rings. The minimum Gasteiger partial charge on any atom is -0.353 e. The maximum Gasteiger partial charge on any atom is 0.267 e. The molecule has 1 aromatic carbocycles. The number of benzene rings is 1. The Balaban J connectivity index is 1.85. The van der Waals surface area contributed by atoms with Crippen LogP contribution in [0.1, 0.15) is 45.2 Å². The molecule has 0 aliphatic carbocycles. The summed E-state index contributed by atoms with van der Waals surface area (Å²) in [5.41, 5.74) is 1.24. The lowest BCUT2D eigenvalue weighted by atomic mass is 10.1. The Morgan fingerprint density at radius 1 is 1.13 bits per heavy atom. The van der Waals surface area contributed by atoms with Gasteiger partial charge >= 0.3 is 0 Å². The van der Waals surface area contributed by atoms with Gasteiger partial charge in [-0.2, -0.15) is 0 Å². The third-order valence-corrected chi connectivity index (χ3v) is 5.77. The largest absolute Gasteiger partial charge is 0.353 e. The van der Waals surface area contributed by atoms with Gasteiger partial charge in [-0.15, -0.1) is 0 Å². The van der Waals surface area contributed by atoms with Crippen molar-refractivity contribution in [2.75, 3.05) is 5.75 Å². The molecule has 0 aliphatic rings. The van der Waals surface area contributed by atoms with Crippen molar-refractivity contribution in [1.82, 2.24) is 19.9 Å². The number of hydrogen-bond donors (Lipinski definition) is 1. The van der Waals surface area contributed by atoms with Gasteiger partial charge in [-0.3, -0.25) is 9.59 Å². The first-order valence-corrected chi connectivity index (χ1v) is 11.4. The first-order chi connectivity index (χ1) is 14.5. The van der Waals surface area contributed by atoms with Gasteiger partial charge in [-0.05, 0) is 44.5 Å². The smallest absolute Gasteiger partial charge is 0.267 e. The number of fused-ring (bicyclic) bond motifs is 1. The van der Waals surface area contributed by atoms with Crippen LogP contribution in [0, 0.1) is 6.92 Å². The molecular weight excluding hydrogens is 396 g/mol. The van der Waals surface area contributed by atoms with Crippen LogP contribution in [0.2, 0.25) is 0 Å². The van der Waals surface area contributed by atoms with Crippen LogP contribution in [0.25, 0.3) is 16.7 Å². The zero-order valence-corrected chi connectivity index (χ0v) is 18.5. The van der Waals surface area contributed by atoms with Crippen LogP contribution in [0.3, 0.4) is 0 Å². The molecule has 1 amide bonds. The summed E-state index contributed by atoms with van der Waals surface area (Å²) in [4.78, 5) is 34.8. The van der Waals surface area contributed by atoms with Crippen molar-refractivity contribution in [3.05, 3.63) is 58.5 Å². The van der Waals surface area contributed by atoms with E-state index in [1.54, 1.807) is 12.1 Å². The quantitative estimate of drug-likeness (QED) is 0.315. The molecule has 0 spiro atoms. The first-order valence-electron chi connectivity index (χ1n) is 10.4. The molecule has 2 aromatic heterocycles. The van der Waals surface area contributed by atoms with Gasteiger partial charge in [0.05, 0.1) is 16.7 Å². The SMILES string of the molecule is CCCCC[C@@H](C)NC(=O)CSc1nc2ccccc2c(=O)n1-c1cccc(C)n1. The minimum atomic E-state index is -0.186. The molecule has 0 unspecified atom stereocenters. The number of carbonyl (C=O) groups excluding carboxylic acids is 1. The van der Waals surface area contributed by atoms with E-state index in [9.17, 15) is 9.59 Å². The molecule has 7 heteroatoms. The first kappa shape index (κ1) is 22.0. The summed E-state index contributed by atoms with van der Waals surface area (Å²) < 4.78 is 1.50. The Kier molecular flexibility index (Phi) is 7.63. The summed E-state index contributed by atoms with van der Waals surface area (Å²) in [7, 11) is 0. The van der Waals surface area contributed by atoms with Crippen molar-refractivity contribution in [3.8, 4) is 5.82 Å². The van der Waals surface area contributed by atoms with Crippen molar-refractivity contribution in [3.63, 3.8) is 0 Å². The highest BCUT2D eigenvalue weighted by Gasteiger charge is 2.16. The van der Waals surface area contributed by atoms with Gasteiger partial charge in [-0.25, -0.2) is 14.5 Å². The molecule has 30 heavy (non-hydrogen) atoms. The lowest BCUT2D eigenvalue weighted by Crippen LogP contribution is -2.34. The van der Waals surface area contributed by atoms with E-state index in [0.717, 1.165) is 25.0 Å². The van der Waals surface area contributed by atoms with Crippen LogP contribution in [0.4, 0.5) is 0 Å². The number of carbonyl (C=O) groups is 1. The summed E-state index contributed by atoms with van der Waals surface area (Å²) in [5.74, 6) is 0.638. The van der Waals surface area contributed by atoms with E-state index >= 15 is 0 Å². The molecule has 3 rings (SSSR count). The molecular formula is C23H28N4O2S. The Hall–Kier alpha value is -2.67. The normalized spacial score (nSPS) is 12.1. The van der Waals surface area contributed by atoms with Crippen molar-refractivity contribution >= 4 is 28.6 Å². The van der Waals surface area contributed by atoms with Crippen LogP contribution in [0.5, 0.6) is 0 Å². The molecule has 0 saturated carbocycles. The fourth-order valence-corrected chi connectivity index (χ4v) is 4.10. The number of pyridine rings is 1. The van der Waals surface area contributed by atoms with E-state index in [4.69, 9.17) is 0 Å². The van der Waals surface area contributed by atoms with Crippen molar-refractivity contribution in [2.24, 2.45) is 0 Å². The number of nitrogens with one attached hydrogen (secondary N) is 1. The second-order valence-corrected chi connectivity index (χ2v) is 8.38. The number of amides is 1. The monoisotopic (exact) mass is 424 g/mol. The molecule has 1 atom stereocenters. The molecule has 0 fully saturated rings. The molecule has 2 heterocycles. The highest BCUT2D eigenvalue weighted by atomic mass is 32.2. The number of nitrogens with zero attached hydrogens (tertiary/aromatic N) is 3. The Bertz CT molecular complexity index is 1080. The van der Waals surface area contributed by atoms with Gasteiger partial charge < -0.3 is 5.32 Å². The second-order valence-electron chi connectivity index (χ2n) is 7.44. The van der Waals surface area contributed by atoms with Crippen molar-refractivity contribution in [1.29, 1.82) is 0 Å². The van der Waals surface area contributed by atoms with Gasteiger partial charge in [0, 0.05) is 11.7 Å². The summed E-state index contributed by atoms with van der Waals surface area (Å²) in [6.07, 6.45) is 4.41. The zero-order chi connectivity index (χ0) is 21.5. The summed E-state index contributed by atoms with van der Waals surface area (Å²) in [6.45, 7) is 6.07. The van der Waals surface area contributed by atoms with Gasteiger partial charge in [0.2, 0.25) is 5.91 Å². The van der Waals surface area contributed by atoms with E-state index in [0.29, 0.717) is 21.9 Å². The van der Waals surface area contributed by atoms with E-state index in [1.807, 2.05) is 44.2 Å². The highest BCUT2D eigenvalue weighted by Crippen LogP contribution is 2.20. The molecule has 0 bridgehead atoms. The average molecular weight is 425 g/mol. The third-order valence-electron chi connectivity index (χ3n) is 4.83. The maximum absolute atomic E-state index is 13.2. The Morgan fingerprint density at radius 3 is 2.70 bits per heavy atom. The third kappa shape index (κ3) is 5.48. The summed E-state index contributed by atoms with van der Waals surface area (Å²) in [6, 6.07) is 12.9. The van der Waals surface area contributed by atoms with Crippen molar-refractivity contribution in [2.45, 2.75) is 57.7 Å². The minimum absolute atomic E-state index is 0.0600. The molecule has 158 valence electrons. The van der Waals surface area contributed by atoms with Gasteiger partial charge in [0.1, 0.15) is 5.82 Å². The van der Waals surface area contributed by atoms with E-state index in [1.165, 1.54) is 22.7 Å². The van der Waals surface area contributed by atoms with Gasteiger partial charge in [0.25, 0.3) is 5.56 Å². The van der Waals surface area contributed by atoms with Crippen LogP contribution in [-0.2, 0) is 4.79 Å². The molecule has 0 radical (unpaired) electrons. The van der Waals surface area contributed by atoms with E-state index in [-0.39, 0.29) is 23.3 Å². The Labute approximate surface area is 181 Å². The summed E-state index contributed by atoms with van der Waals surface area (Å²) >= 11 is 1.25. The van der Waals surface area contributed by atoms with Crippen molar-refractivity contribution < 1.29 is 4.79 Å². The fourth-order valence-electron chi connectivity index (χ4n) is 3.28. The molecule has 1 N–H and O–H groups in total. The van der Waals surface area contributed by atoms with E-state index < -0.39 is 0 Å². The van der Waals surface area contributed by atoms with Crippen LogP contribution >= 0.6 is 11.8 Å². The highest BCUT2D eigenvalue weighted by molar-refractivity contribution is 7.99. The molecule has 0 saturated heterocycles. The van der Waals surface area contributed by atoms with E-state index in [2.05, 4.69) is 22.2 Å². The number of aryl methyl sites for hydroxylation is 1. The van der Waals surface area contributed by atoms with Crippen LogP contribution in [0.15, 0.2) is 52.4 Å². The number of unbranched alkanes of at least 4 members (excludes halogenated alkanes) is 2. The van der Waals surface area contributed by atoms with Gasteiger partial charge in [-0.1, -0.05) is 56.1 Å². The zero-order valence-electron chi connectivity index (χ0n) is 17.7. The lowest BCUT2D eigenvalue weighted by Gasteiger charge is -2.15. The number of para-hydroxylation sites is 1. The number of aromatic nitrogens is 3. The van der Waals surface area contributed by atoms with Gasteiger partial charge in [0.15, 0.2) is 5.16 Å². The fraction of sp³-hybridized carbons (Fsp3) is 0.391.